The summed E-state index contributed by atoms with van der Waals surface area (Å²) in [5, 5.41) is 0. The molecule has 1 aromatic heterocycles. The molecule has 1 aliphatic carbocycles. The maximum absolute atomic E-state index is 11.6. The van der Waals surface area contributed by atoms with Gasteiger partial charge >= 0.3 is 0 Å². The lowest BCUT2D eigenvalue weighted by Gasteiger charge is -2.09. The second-order valence-corrected chi connectivity index (χ2v) is 3.35. The average molecular weight is 216 g/mol. The third-order valence-electron chi connectivity index (χ3n) is 2.25. The molecule has 0 radical (unpaired) electrons. The van der Waals surface area contributed by atoms with Crippen LogP contribution in [0.5, 0.6) is 0 Å². The highest BCUT2D eigenvalue weighted by molar-refractivity contribution is 6.43. The van der Waals surface area contributed by atoms with Gasteiger partial charge in [-0.15, -0.1) is 0 Å². The molecule has 2 rings (SSSR count). The lowest BCUT2D eigenvalue weighted by atomic mass is 9.91. The quantitative estimate of drug-likeness (QED) is 0.552. The van der Waals surface area contributed by atoms with Crippen LogP contribution >= 0.6 is 0 Å². The Labute approximate surface area is 91.2 Å². The second kappa shape index (κ2) is 3.73. The molecule has 16 heavy (non-hydrogen) atoms. The van der Waals surface area contributed by atoms with Gasteiger partial charge in [-0.05, 0) is 31.2 Å². The summed E-state index contributed by atoms with van der Waals surface area (Å²) in [4.78, 5) is 34.5. The van der Waals surface area contributed by atoms with Crippen molar-refractivity contribution in [1.29, 1.82) is 0 Å². The van der Waals surface area contributed by atoms with Gasteiger partial charge in [-0.3, -0.25) is 14.4 Å². The highest BCUT2D eigenvalue weighted by Crippen LogP contribution is 2.25. The van der Waals surface area contributed by atoms with Crippen molar-refractivity contribution in [3.8, 4) is 0 Å². The summed E-state index contributed by atoms with van der Waals surface area (Å²) in [5.41, 5.74) is -0.0625. The lowest BCUT2D eigenvalue weighted by Crippen LogP contribution is -2.18. The van der Waals surface area contributed by atoms with Crippen LogP contribution in [0.15, 0.2) is 40.5 Å². The molecule has 1 aromatic rings. The molecular formula is C12H8O4. The van der Waals surface area contributed by atoms with E-state index in [2.05, 4.69) is 0 Å². The molecule has 0 saturated heterocycles. The Kier molecular flexibility index (Phi) is 2.40. The van der Waals surface area contributed by atoms with Gasteiger partial charge in [0, 0.05) is 0 Å². The number of hydrogen-bond acceptors (Lipinski definition) is 4. The number of allylic oxidation sites excluding steroid dienone is 4. The van der Waals surface area contributed by atoms with Gasteiger partial charge in [0.25, 0.3) is 0 Å². The predicted molar refractivity (Wildman–Crippen MR) is 55.5 cm³/mol. The van der Waals surface area contributed by atoms with Crippen LogP contribution in [0.2, 0.25) is 0 Å². The Hall–Kier alpha value is -2.23. The van der Waals surface area contributed by atoms with Crippen molar-refractivity contribution < 1.29 is 18.8 Å². The molecule has 0 N–H and O–H groups in total. The summed E-state index contributed by atoms with van der Waals surface area (Å²) in [6.07, 6.45) is 3.63. The zero-order valence-corrected chi connectivity index (χ0v) is 8.52. The Morgan fingerprint density at radius 2 is 1.88 bits per heavy atom. The maximum atomic E-state index is 11.6. The average Bonchev–Trinajstić information content (AvgIpc) is 2.73. The number of Topliss-reactive ketones (excluding diaryl/α,β-unsaturated/α-hetero) is 1. The topological polar surface area (TPSA) is 64.3 Å². The number of hydrogen-bond donors (Lipinski definition) is 0. The first-order chi connectivity index (χ1) is 7.61. The number of furan rings is 1. The molecule has 0 atom stereocenters. The van der Waals surface area contributed by atoms with Crippen molar-refractivity contribution in [3.63, 3.8) is 0 Å². The molecule has 4 nitrogen and oxygen atoms in total. The summed E-state index contributed by atoms with van der Waals surface area (Å²) >= 11 is 0. The van der Waals surface area contributed by atoms with Gasteiger partial charge < -0.3 is 4.42 Å². The van der Waals surface area contributed by atoms with Gasteiger partial charge in [-0.2, -0.15) is 0 Å². The third kappa shape index (κ3) is 1.54. The van der Waals surface area contributed by atoms with E-state index >= 15 is 0 Å². The number of carbonyl (C=O) groups is 3. The van der Waals surface area contributed by atoms with Crippen LogP contribution in [-0.2, 0) is 14.4 Å². The molecule has 0 fully saturated rings. The van der Waals surface area contributed by atoms with Crippen molar-refractivity contribution in [2.75, 3.05) is 0 Å². The highest BCUT2D eigenvalue weighted by atomic mass is 16.3. The van der Waals surface area contributed by atoms with Gasteiger partial charge in [-0.1, -0.05) is 0 Å². The van der Waals surface area contributed by atoms with Crippen LogP contribution in [0.25, 0.3) is 5.57 Å². The van der Waals surface area contributed by atoms with E-state index in [1.807, 2.05) is 0 Å². The summed E-state index contributed by atoms with van der Waals surface area (Å²) in [6.45, 7) is 1.25. The molecule has 1 heterocycles. The highest BCUT2D eigenvalue weighted by Gasteiger charge is 2.28. The molecule has 0 aliphatic heterocycles. The van der Waals surface area contributed by atoms with Crippen LogP contribution in [-0.4, -0.2) is 17.3 Å². The van der Waals surface area contributed by atoms with Gasteiger partial charge in [0.1, 0.15) is 5.76 Å². The first-order valence-electron chi connectivity index (χ1n) is 4.67. The van der Waals surface area contributed by atoms with Crippen LogP contribution in [0.1, 0.15) is 12.7 Å². The molecule has 0 aromatic carbocycles. The normalized spacial score (nSPS) is 15.8. The van der Waals surface area contributed by atoms with E-state index in [0.717, 1.165) is 12.2 Å². The largest absolute Gasteiger partial charge is 0.464 e. The van der Waals surface area contributed by atoms with E-state index < -0.39 is 11.6 Å². The van der Waals surface area contributed by atoms with Gasteiger partial charge in [0.05, 0.1) is 17.4 Å². The van der Waals surface area contributed by atoms with Crippen molar-refractivity contribution in [2.24, 2.45) is 0 Å². The molecule has 0 amide bonds. The molecular weight excluding hydrogens is 208 g/mol. The SMILES string of the molecule is CC(=O)C1=C(c2ccco2)C(=O)C=CC1=O. The first kappa shape index (κ1) is 10.3. The van der Waals surface area contributed by atoms with E-state index in [9.17, 15) is 14.4 Å². The predicted octanol–water partition coefficient (Wildman–Crippen LogP) is 1.33. The number of ketones is 3. The summed E-state index contributed by atoms with van der Waals surface area (Å²) in [6, 6.07) is 3.14. The molecule has 80 valence electrons. The van der Waals surface area contributed by atoms with Crippen LogP contribution in [0.4, 0.5) is 0 Å². The zero-order chi connectivity index (χ0) is 11.7. The fourth-order valence-electron chi connectivity index (χ4n) is 1.58. The standard InChI is InChI=1S/C12H8O4/c1-7(13)11-8(14)4-5-9(15)12(11)10-3-2-6-16-10/h2-6H,1H3. The fraction of sp³-hybridized carbons (Fsp3) is 0.0833. The molecule has 0 saturated carbocycles. The molecule has 0 spiro atoms. The van der Waals surface area contributed by atoms with Crippen LogP contribution in [0, 0.1) is 0 Å². The molecule has 1 aliphatic rings. The summed E-state index contributed by atoms with van der Waals surface area (Å²) < 4.78 is 5.06. The van der Waals surface area contributed by atoms with Crippen molar-refractivity contribution in [2.45, 2.75) is 6.92 Å². The van der Waals surface area contributed by atoms with Crippen LogP contribution in [0.3, 0.4) is 0 Å². The molecule has 4 heteroatoms. The minimum absolute atomic E-state index is 0.0463. The van der Waals surface area contributed by atoms with E-state index in [1.54, 1.807) is 12.1 Å². The molecule has 0 unspecified atom stereocenters. The van der Waals surface area contributed by atoms with Crippen molar-refractivity contribution >= 4 is 22.9 Å². The van der Waals surface area contributed by atoms with Crippen molar-refractivity contribution in [1.82, 2.24) is 0 Å². The van der Waals surface area contributed by atoms with E-state index in [4.69, 9.17) is 4.42 Å². The van der Waals surface area contributed by atoms with Gasteiger partial charge in [0.2, 0.25) is 0 Å². The van der Waals surface area contributed by atoms with E-state index in [0.29, 0.717) is 0 Å². The Bertz CT molecular complexity index is 529. The van der Waals surface area contributed by atoms with Crippen LogP contribution < -0.4 is 0 Å². The minimum atomic E-state index is -0.460. The fourth-order valence-corrected chi connectivity index (χ4v) is 1.58. The third-order valence-corrected chi connectivity index (χ3v) is 2.25. The van der Waals surface area contributed by atoms with E-state index in [-0.39, 0.29) is 22.7 Å². The Morgan fingerprint density at radius 1 is 1.19 bits per heavy atom. The Morgan fingerprint density at radius 3 is 2.44 bits per heavy atom. The monoisotopic (exact) mass is 216 g/mol. The first-order valence-corrected chi connectivity index (χ1v) is 4.67. The second-order valence-electron chi connectivity index (χ2n) is 3.35. The number of carbonyl (C=O) groups excluding carboxylic acids is 3. The van der Waals surface area contributed by atoms with Gasteiger partial charge in [-0.25, -0.2) is 0 Å². The summed E-state index contributed by atoms with van der Waals surface area (Å²) in [5.74, 6) is -1.04. The number of rotatable bonds is 2. The van der Waals surface area contributed by atoms with Gasteiger partial charge in [0.15, 0.2) is 17.3 Å². The molecule has 0 bridgehead atoms. The smallest absolute Gasteiger partial charge is 0.190 e. The zero-order valence-electron chi connectivity index (χ0n) is 8.52. The van der Waals surface area contributed by atoms with Crippen molar-refractivity contribution in [3.05, 3.63) is 41.9 Å². The Balaban J connectivity index is 2.67. The minimum Gasteiger partial charge on any atom is -0.464 e. The van der Waals surface area contributed by atoms with E-state index in [1.165, 1.54) is 13.2 Å². The maximum Gasteiger partial charge on any atom is 0.190 e. The lowest BCUT2D eigenvalue weighted by molar-refractivity contribution is -0.119. The summed E-state index contributed by atoms with van der Waals surface area (Å²) in [7, 11) is 0.